The van der Waals surface area contributed by atoms with E-state index in [1.807, 2.05) is 38.1 Å². The molecule has 3 nitrogen and oxygen atoms in total. The lowest BCUT2D eigenvalue weighted by Crippen LogP contribution is -2.24. The fraction of sp³-hybridized carbons (Fsp3) is 0.357. The number of ether oxygens (including phenoxy) is 2. The molecule has 0 spiro atoms. The van der Waals surface area contributed by atoms with Crippen LogP contribution in [0.1, 0.15) is 19.4 Å². The van der Waals surface area contributed by atoms with E-state index < -0.39 is 0 Å². The topological polar surface area (TPSA) is 30.8 Å². The van der Waals surface area contributed by atoms with Crippen molar-refractivity contribution in [3.8, 4) is 5.75 Å². The van der Waals surface area contributed by atoms with Crippen LogP contribution in [0.4, 0.5) is 0 Å². The van der Waals surface area contributed by atoms with Gasteiger partial charge in [0, 0.05) is 5.56 Å². The molecule has 1 aromatic carbocycles. The zero-order valence-corrected chi connectivity index (χ0v) is 10.3. The van der Waals surface area contributed by atoms with Crippen molar-refractivity contribution >= 4 is 5.90 Å². The zero-order valence-electron chi connectivity index (χ0n) is 10.3. The lowest BCUT2D eigenvalue weighted by molar-refractivity contribution is 0.131. The molecule has 90 valence electrons. The normalized spacial score (nSPS) is 17.2. The molecule has 0 aliphatic carbocycles. The molecule has 3 heteroatoms. The molecule has 0 radical (unpaired) electrons. The van der Waals surface area contributed by atoms with Crippen molar-refractivity contribution in [3.63, 3.8) is 0 Å². The standard InChI is InChI=1S/C14H17NO2/c1-4-8-16-12-7-5-6-11(9-12)13-15-10-14(2,3)17-13/h4-7,9H,1,8,10H2,2-3H3. The third-order valence-corrected chi connectivity index (χ3v) is 2.43. The van der Waals surface area contributed by atoms with Gasteiger partial charge in [-0.05, 0) is 32.0 Å². The van der Waals surface area contributed by atoms with E-state index in [0.29, 0.717) is 19.0 Å². The third-order valence-electron chi connectivity index (χ3n) is 2.43. The number of hydrogen-bond donors (Lipinski definition) is 0. The first-order valence-corrected chi connectivity index (χ1v) is 5.68. The van der Waals surface area contributed by atoms with Gasteiger partial charge in [-0.25, -0.2) is 4.99 Å². The molecule has 0 unspecified atom stereocenters. The first kappa shape index (κ1) is 11.7. The average molecular weight is 231 g/mol. The Morgan fingerprint density at radius 1 is 1.53 bits per heavy atom. The number of aliphatic imine (C=N–C) groups is 1. The molecule has 0 N–H and O–H groups in total. The van der Waals surface area contributed by atoms with Crippen LogP contribution in [0.15, 0.2) is 41.9 Å². The van der Waals surface area contributed by atoms with E-state index in [4.69, 9.17) is 9.47 Å². The number of benzene rings is 1. The lowest BCUT2D eigenvalue weighted by atomic mass is 10.1. The minimum Gasteiger partial charge on any atom is -0.490 e. The van der Waals surface area contributed by atoms with E-state index in [2.05, 4.69) is 11.6 Å². The van der Waals surface area contributed by atoms with Gasteiger partial charge in [-0.2, -0.15) is 0 Å². The first-order chi connectivity index (χ1) is 8.11. The summed E-state index contributed by atoms with van der Waals surface area (Å²) in [6, 6.07) is 7.75. The Hall–Kier alpha value is -1.77. The van der Waals surface area contributed by atoms with Crippen molar-refractivity contribution in [3.05, 3.63) is 42.5 Å². The Labute approximate surface area is 102 Å². The van der Waals surface area contributed by atoms with Gasteiger partial charge in [0.1, 0.15) is 18.0 Å². The number of hydrogen-bond acceptors (Lipinski definition) is 3. The van der Waals surface area contributed by atoms with E-state index in [1.54, 1.807) is 6.08 Å². The van der Waals surface area contributed by atoms with Gasteiger partial charge in [-0.3, -0.25) is 0 Å². The summed E-state index contributed by atoms with van der Waals surface area (Å²) < 4.78 is 11.2. The maximum atomic E-state index is 5.77. The van der Waals surface area contributed by atoms with Gasteiger partial charge >= 0.3 is 0 Å². The zero-order chi connectivity index (χ0) is 12.3. The monoisotopic (exact) mass is 231 g/mol. The Bertz CT molecular complexity index is 449. The predicted molar refractivity (Wildman–Crippen MR) is 68.7 cm³/mol. The molecule has 1 heterocycles. The molecule has 0 aromatic heterocycles. The fourth-order valence-corrected chi connectivity index (χ4v) is 1.61. The highest BCUT2D eigenvalue weighted by Gasteiger charge is 2.28. The Kier molecular flexibility index (Phi) is 3.18. The largest absolute Gasteiger partial charge is 0.490 e. The van der Waals surface area contributed by atoms with Gasteiger partial charge in [0.15, 0.2) is 0 Å². The summed E-state index contributed by atoms with van der Waals surface area (Å²) in [7, 11) is 0. The predicted octanol–water partition coefficient (Wildman–Crippen LogP) is 2.81. The fourth-order valence-electron chi connectivity index (χ4n) is 1.61. The van der Waals surface area contributed by atoms with E-state index in [0.717, 1.165) is 11.3 Å². The van der Waals surface area contributed by atoms with Crippen LogP contribution in [-0.4, -0.2) is 24.7 Å². The molecule has 0 saturated carbocycles. The quantitative estimate of drug-likeness (QED) is 0.746. The number of rotatable bonds is 4. The van der Waals surface area contributed by atoms with E-state index in [9.17, 15) is 0 Å². The molecular weight excluding hydrogens is 214 g/mol. The molecule has 0 bridgehead atoms. The summed E-state index contributed by atoms with van der Waals surface area (Å²) in [5.74, 6) is 1.50. The van der Waals surface area contributed by atoms with Gasteiger partial charge in [-0.15, -0.1) is 0 Å². The second-order valence-corrected chi connectivity index (χ2v) is 4.61. The maximum Gasteiger partial charge on any atom is 0.216 e. The highest BCUT2D eigenvalue weighted by molar-refractivity contribution is 5.95. The Morgan fingerprint density at radius 3 is 3.00 bits per heavy atom. The van der Waals surface area contributed by atoms with E-state index in [-0.39, 0.29) is 5.60 Å². The SMILES string of the molecule is C=CCOc1cccc(C2=NCC(C)(C)O2)c1. The van der Waals surface area contributed by atoms with Crippen LogP contribution >= 0.6 is 0 Å². The van der Waals surface area contributed by atoms with Gasteiger partial charge in [-0.1, -0.05) is 18.7 Å². The molecule has 1 aromatic rings. The molecule has 1 aliphatic heterocycles. The van der Waals surface area contributed by atoms with Crippen molar-refractivity contribution in [1.82, 2.24) is 0 Å². The van der Waals surface area contributed by atoms with Gasteiger partial charge in [0.05, 0.1) is 6.54 Å². The van der Waals surface area contributed by atoms with E-state index in [1.165, 1.54) is 0 Å². The van der Waals surface area contributed by atoms with Crippen molar-refractivity contribution in [1.29, 1.82) is 0 Å². The van der Waals surface area contributed by atoms with Crippen LogP contribution in [-0.2, 0) is 4.74 Å². The van der Waals surface area contributed by atoms with Crippen molar-refractivity contribution < 1.29 is 9.47 Å². The maximum absolute atomic E-state index is 5.77. The minimum absolute atomic E-state index is 0.201. The van der Waals surface area contributed by atoms with Crippen molar-refractivity contribution in [2.24, 2.45) is 4.99 Å². The molecular formula is C14H17NO2. The summed E-state index contributed by atoms with van der Waals surface area (Å²) in [6.45, 7) is 8.88. The van der Waals surface area contributed by atoms with Gasteiger partial charge in [0.25, 0.3) is 0 Å². The lowest BCUT2D eigenvalue weighted by Gasteiger charge is -2.17. The molecule has 0 amide bonds. The highest BCUT2D eigenvalue weighted by atomic mass is 16.5. The summed E-state index contributed by atoms with van der Waals surface area (Å²) in [6.07, 6.45) is 1.72. The van der Waals surface area contributed by atoms with Crippen LogP contribution in [0.3, 0.4) is 0 Å². The van der Waals surface area contributed by atoms with Crippen molar-refractivity contribution in [2.75, 3.05) is 13.2 Å². The van der Waals surface area contributed by atoms with E-state index >= 15 is 0 Å². The minimum atomic E-state index is -0.201. The molecule has 0 atom stereocenters. The molecule has 0 saturated heterocycles. The van der Waals surface area contributed by atoms with Gasteiger partial charge < -0.3 is 9.47 Å². The first-order valence-electron chi connectivity index (χ1n) is 5.68. The summed E-state index contributed by atoms with van der Waals surface area (Å²) >= 11 is 0. The summed E-state index contributed by atoms with van der Waals surface area (Å²) in [5.41, 5.74) is 0.755. The molecule has 0 fully saturated rings. The van der Waals surface area contributed by atoms with Gasteiger partial charge in [0.2, 0.25) is 5.90 Å². The molecule has 1 aliphatic rings. The second-order valence-electron chi connectivity index (χ2n) is 4.61. The van der Waals surface area contributed by atoms with Crippen molar-refractivity contribution in [2.45, 2.75) is 19.4 Å². The van der Waals surface area contributed by atoms with Crippen LogP contribution in [0, 0.1) is 0 Å². The van der Waals surface area contributed by atoms with Crippen LogP contribution in [0.2, 0.25) is 0 Å². The summed E-state index contributed by atoms with van der Waals surface area (Å²) in [4.78, 5) is 4.40. The third kappa shape index (κ3) is 2.87. The summed E-state index contributed by atoms with van der Waals surface area (Å²) in [5, 5.41) is 0. The van der Waals surface area contributed by atoms with Crippen LogP contribution in [0.25, 0.3) is 0 Å². The van der Waals surface area contributed by atoms with Crippen LogP contribution < -0.4 is 4.74 Å². The Morgan fingerprint density at radius 2 is 2.35 bits per heavy atom. The second kappa shape index (κ2) is 4.62. The average Bonchev–Trinajstić information content (AvgIpc) is 2.67. The smallest absolute Gasteiger partial charge is 0.216 e. The van der Waals surface area contributed by atoms with Crippen LogP contribution in [0.5, 0.6) is 5.75 Å². The molecule has 2 rings (SSSR count). The number of nitrogens with zero attached hydrogens (tertiary/aromatic N) is 1. The highest BCUT2D eigenvalue weighted by Crippen LogP contribution is 2.23. The Balaban J connectivity index is 2.14. The molecule has 17 heavy (non-hydrogen) atoms.